The number of carbonyl (C=O) groups excluding carboxylic acids is 1. The van der Waals surface area contributed by atoms with E-state index in [2.05, 4.69) is 52.1 Å². The van der Waals surface area contributed by atoms with Gasteiger partial charge in [0.05, 0.1) is 12.6 Å². The molecule has 3 aromatic rings. The summed E-state index contributed by atoms with van der Waals surface area (Å²) in [6.45, 7) is 3.78. The number of carbonyl (C=O) groups is 1. The first kappa shape index (κ1) is 20.0. The van der Waals surface area contributed by atoms with Crippen LogP contribution in [-0.4, -0.2) is 33.9 Å². The third-order valence-corrected chi connectivity index (χ3v) is 6.73. The van der Waals surface area contributed by atoms with Gasteiger partial charge in [0, 0.05) is 36.2 Å². The van der Waals surface area contributed by atoms with Crippen molar-refractivity contribution in [2.45, 2.75) is 51.5 Å². The Kier molecular flexibility index (Phi) is 5.58. The maximum absolute atomic E-state index is 13.2. The van der Waals surface area contributed by atoms with Gasteiger partial charge in [-0.05, 0) is 73.6 Å². The van der Waals surface area contributed by atoms with Gasteiger partial charge in [0.2, 0.25) is 5.91 Å². The molecule has 1 aromatic carbocycles. The summed E-state index contributed by atoms with van der Waals surface area (Å²) in [5.41, 5.74) is 4.33. The normalized spacial score (nSPS) is 18.9. The quantitative estimate of drug-likeness (QED) is 0.551. The van der Waals surface area contributed by atoms with Crippen molar-refractivity contribution in [3.8, 4) is 5.75 Å². The molecule has 5 nitrogen and oxygen atoms in total. The van der Waals surface area contributed by atoms with Crippen molar-refractivity contribution in [3.63, 3.8) is 0 Å². The van der Waals surface area contributed by atoms with Crippen molar-refractivity contribution < 1.29 is 9.53 Å². The lowest BCUT2D eigenvalue weighted by atomic mass is 9.98. The monoisotopic (exact) mass is 415 g/mol. The highest BCUT2D eigenvalue weighted by atomic mass is 16.5. The fourth-order valence-electron chi connectivity index (χ4n) is 5.03. The first-order chi connectivity index (χ1) is 15.2. The predicted molar refractivity (Wildman–Crippen MR) is 121 cm³/mol. The van der Waals surface area contributed by atoms with Gasteiger partial charge in [-0.1, -0.05) is 19.1 Å². The fourth-order valence-corrected chi connectivity index (χ4v) is 5.03. The van der Waals surface area contributed by atoms with E-state index in [-0.39, 0.29) is 12.0 Å². The number of hydrogen-bond donors (Lipinski definition) is 0. The van der Waals surface area contributed by atoms with Crippen molar-refractivity contribution >= 4 is 16.9 Å². The second-order valence-electron chi connectivity index (χ2n) is 8.65. The van der Waals surface area contributed by atoms with Gasteiger partial charge < -0.3 is 9.64 Å². The Morgan fingerprint density at radius 2 is 2.16 bits per heavy atom. The number of ether oxygens (including phenoxy) is 1. The number of aromatic nitrogens is 2. The van der Waals surface area contributed by atoms with Gasteiger partial charge in [0.25, 0.3) is 0 Å². The summed E-state index contributed by atoms with van der Waals surface area (Å²) in [7, 11) is 0. The number of nitrogens with zero attached hydrogens (tertiary/aromatic N) is 3. The van der Waals surface area contributed by atoms with Crippen LogP contribution in [0.15, 0.2) is 48.7 Å². The molecule has 0 aliphatic carbocycles. The molecule has 0 N–H and O–H groups in total. The Hall–Kier alpha value is -2.95. The Morgan fingerprint density at radius 3 is 3.06 bits per heavy atom. The highest BCUT2D eigenvalue weighted by Gasteiger charge is 2.35. The van der Waals surface area contributed by atoms with Gasteiger partial charge in [0.15, 0.2) is 5.65 Å². The molecule has 1 amide bonds. The lowest BCUT2D eigenvalue weighted by Crippen LogP contribution is -2.31. The minimum absolute atomic E-state index is 0.123. The van der Waals surface area contributed by atoms with Gasteiger partial charge in [-0.2, -0.15) is 0 Å². The third kappa shape index (κ3) is 4.01. The largest absolute Gasteiger partial charge is 0.493 e. The summed E-state index contributed by atoms with van der Waals surface area (Å²) in [5, 5.41) is 1.07. The highest BCUT2D eigenvalue weighted by molar-refractivity contribution is 5.81. The maximum atomic E-state index is 13.2. The second-order valence-corrected chi connectivity index (χ2v) is 8.65. The number of fused-ring (bicyclic) bond motifs is 2. The molecule has 1 fully saturated rings. The van der Waals surface area contributed by atoms with Crippen LogP contribution in [0.1, 0.15) is 55.5 Å². The number of pyridine rings is 2. The molecular weight excluding hydrogens is 386 g/mol. The zero-order valence-corrected chi connectivity index (χ0v) is 18.1. The van der Waals surface area contributed by atoms with E-state index in [1.165, 1.54) is 11.1 Å². The lowest BCUT2D eigenvalue weighted by Gasteiger charge is -2.28. The molecule has 2 aromatic heterocycles. The first-order valence-corrected chi connectivity index (χ1v) is 11.5. The molecule has 5 heteroatoms. The molecule has 31 heavy (non-hydrogen) atoms. The van der Waals surface area contributed by atoms with Crippen LogP contribution in [0.2, 0.25) is 0 Å². The van der Waals surface area contributed by atoms with Crippen molar-refractivity contribution in [1.29, 1.82) is 0 Å². The highest BCUT2D eigenvalue weighted by Crippen LogP contribution is 2.36. The van der Waals surface area contributed by atoms with Crippen LogP contribution in [0.5, 0.6) is 5.75 Å². The van der Waals surface area contributed by atoms with Crippen molar-refractivity contribution in [3.05, 3.63) is 65.5 Å². The molecule has 2 atom stereocenters. The number of aryl methyl sites for hydroxylation is 1. The zero-order chi connectivity index (χ0) is 21.2. The number of hydrogen-bond acceptors (Lipinski definition) is 4. The van der Waals surface area contributed by atoms with E-state index in [0.717, 1.165) is 74.2 Å². The Morgan fingerprint density at radius 1 is 1.23 bits per heavy atom. The molecular formula is C26H29N3O2. The molecule has 5 rings (SSSR count). The fraction of sp³-hybridized carbons (Fsp3) is 0.423. The smallest absolute Gasteiger partial charge is 0.226 e. The standard InChI is InChI=1S/C26H29N3O2/c1-2-23(21-9-8-18-13-16-31-24(18)17-21)29-15-12-20(26(29)30)5-3-7-22-11-10-19-6-4-14-27-25(19)28-22/h4,6,8-11,14,17,20,23H,2-3,5,7,12-13,15-16H2,1H3/t20?,23-/m0/s1. The second kappa shape index (κ2) is 8.66. The van der Waals surface area contributed by atoms with Crippen molar-refractivity contribution in [1.82, 2.24) is 14.9 Å². The molecule has 0 bridgehead atoms. The van der Waals surface area contributed by atoms with E-state index in [0.29, 0.717) is 5.91 Å². The molecule has 0 spiro atoms. The Bertz CT molecular complexity index is 1100. The van der Waals surface area contributed by atoms with E-state index in [9.17, 15) is 4.79 Å². The average molecular weight is 416 g/mol. The molecule has 1 unspecified atom stereocenters. The van der Waals surface area contributed by atoms with Crippen LogP contribution < -0.4 is 4.74 Å². The van der Waals surface area contributed by atoms with Crippen molar-refractivity contribution in [2.24, 2.45) is 5.92 Å². The Labute approximate surface area is 183 Å². The van der Waals surface area contributed by atoms with Gasteiger partial charge in [0.1, 0.15) is 5.75 Å². The summed E-state index contributed by atoms with van der Waals surface area (Å²) in [6, 6.07) is 14.8. The summed E-state index contributed by atoms with van der Waals surface area (Å²) in [6.07, 6.45) is 7.41. The predicted octanol–water partition coefficient (Wildman–Crippen LogP) is 4.89. The minimum Gasteiger partial charge on any atom is -0.493 e. The summed E-state index contributed by atoms with van der Waals surface area (Å²) in [5.74, 6) is 1.43. The number of benzene rings is 1. The molecule has 2 aliphatic rings. The van der Waals surface area contributed by atoms with Crippen LogP contribution in [0, 0.1) is 5.92 Å². The van der Waals surface area contributed by atoms with E-state index in [1.54, 1.807) is 6.20 Å². The van der Waals surface area contributed by atoms with Crippen LogP contribution in [0.3, 0.4) is 0 Å². The van der Waals surface area contributed by atoms with Gasteiger partial charge in [-0.15, -0.1) is 0 Å². The summed E-state index contributed by atoms with van der Waals surface area (Å²) in [4.78, 5) is 24.3. The average Bonchev–Trinajstić information content (AvgIpc) is 3.41. The van der Waals surface area contributed by atoms with E-state index >= 15 is 0 Å². The number of rotatable bonds is 7. The van der Waals surface area contributed by atoms with Crippen LogP contribution in [0.25, 0.3) is 11.0 Å². The Balaban J connectivity index is 1.20. The van der Waals surface area contributed by atoms with Crippen LogP contribution in [0.4, 0.5) is 0 Å². The molecule has 1 saturated heterocycles. The van der Waals surface area contributed by atoms with Gasteiger partial charge >= 0.3 is 0 Å². The molecule has 4 heterocycles. The van der Waals surface area contributed by atoms with Crippen LogP contribution >= 0.6 is 0 Å². The molecule has 2 aliphatic heterocycles. The third-order valence-electron chi connectivity index (χ3n) is 6.73. The topological polar surface area (TPSA) is 55.3 Å². The van der Waals surface area contributed by atoms with E-state index in [4.69, 9.17) is 4.74 Å². The van der Waals surface area contributed by atoms with Crippen molar-refractivity contribution in [2.75, 3.05) is 13.2 Å². The van der Waals surface area contributed by atoms with Gasteiger partial charge in [-0.25, -0.2) is 9.97 Å². The first-order valence-electron chi connectivity index (χ1n) is 11.5. The zero-order valence-electron chi connectivity index (χ0n) is 18.1. The SMILES string of the molecule is CC[C@@H](c1ccc2c(c1)OCC2)N1CCC(CCCc2ccc3cccnc3n2)C1=O. The molecule has 0 saturated carbocycles. The summed E-state index contributed by atoms with van der Waals surface area (Å²) < 4.78 is 5.75. The maximum Gasteiger partial charge on any atom is 0.226 e. The summed E-state index contributed by atoms with van der Waals surface area (Å²) >= 11 is 0. The lowest BCUT2D eigenvalue weighted by molar-refractivity contribution is -0.133. The number of likely N-dealkylation sites (tertiary alicyclic amines) is 1. The minimum atomic E-state index is 0.123. The van der Waals surface area contributed by atoms with E-state index in [1.807, 2.05) is 12.1 Å². The van der Waals surface area contributed by atoms with Crippen LogP contribution in [-0.2, 0) is 17.6 Å². The van der Waals surface area contributed by atoms with Gasteiger partial charge in [-0.3, -0.25) is 4.79 Å². The van der Waals surface area contributed by atoms with E-state index < -0.39 is 0 Å². The number of amides is 1. The molecule has 160 valence electrons. The molecule has 0 radical (unpaired) electrons.